The second-order valence-electron chi connectivity index (χ2n) is 4.10. The minimum atomic E-state index is 0.0475. The van der Waals surface area contributed by atoms with Gasteiger partial charge in [0.05, 0.1) is 12.0 Å². The summed E-state index contributed by atoms with van der Waals surface area (Å²) in [5.74, 6) is 0.187. The number of carbonyl (C=O) groups excluding carboxylic acids is 1. The highest BCUT2D eigenvalue weighted by Gasteiger charge is 2.30. The lowest BCUT2D eigenvalue weighted by Crippen LogP contribution is -2.37. The van der Waals surface area contributed by atoms with E-state index in [1.54, 1.807) is 0 Å². The fraction of sp³-hybridized carbons (Fsp3) is 0.909. The van der Waals surface area contributed by atoms with Crippen molar-refractivity contribution in [3.05, 3.63) is 0 Å². The topological polar surface area (TPSA) is 38.3 Å². The lowest BCUT2D eigenvalue weighted by atomic mass is 10.0. The Balaban J connectivity index is 2.23. The van der Waals surface area contributed by atoms with Crippen LogP contribution in [-0.2, 0) is 9.53 Å². The molecule has 0 bridgehead atoms. The lowest BCUT2D eigenvalue weighted by Gasteiger charge is -2.15. The van der Waals surface area contributed by atoms with E-state index in [0.29, 0.717) is 11.4 Å². The average Bonchev–Trinajstić information content (AvgIpc) is 2.61. The van der Waals surface area contributed by atoms with Crippen LogP contribution in [0.5, 0.6) is 0 Å². The highest BCUT2D eigenvalue weighted by molar-refractivity contribution is 9.09. The molecule has 3 nitrogen and oxygen atoms in total. The van der Waals surface area contributed by atoms with Gasteiger partial charge >= 0.3 is 0 Å². The van der Waals surface area contributed by atoms with E-state index in [1.807, 2.05) is 6.92 Å². The molecule has 0 aromatic carbocycles. The van der Waals surface area contributed by atoms with E-state index < -0.39 is 0 Å². The molecular weight excluding hydrogens is 258 g/mol. The fourth-order valence-corrected chi connectivity index (χ4v) is 2.45. The summed E-state index contributed by atoms with van der Waals surface area (Å²) in [4.78, 5) is 12.1. The van der Waals surface area contributed by atoms with Gasteiger partial charge in [0.25, 0.3) is 0 Å². The summed E-state index contributed by atoms with van der Waals surface area (Å²) in [6.45, 7) is 5.54. The van der Waals surface area contributed by atoms with Crippen molar-refractivity contribution < 1.29 is 9.53 Å². The third-order valence-electron chi connectivity index (χ3n) is 2.81. The standard InChI is InChI=1S/C11H20BrNO2/c1-3-4-9(12)7-13-11(14)10-5-6-15-8(10)2/h8-10H,3-7H2,1-2H3,(H,13,14). The molecule has 15 heavy (non-hydrogen) atoms. The smallest absolute Gasteiger partial charge is 0.225 e. The number of carbonyl (C=O) groups is 1. The van der Waals surface area contributed by atoms with Crippen molar-refractivity contribution in [2.24, 2.45) is 5.92 Å². The molecular formula is C11H20BrNO2. The van der Waals surface area contributed by atoms with Crippen molar-refractivity contribution in [2.45, 2.75) is 44.0 Å². The van der Waals surface area contributed by atoms with Gasteiger partial charge in [-0.05, 0) is 19.8 Å². The van der Waals surface area contributed by atoms with Crippen LogP contribution in [0, 0.1) is 5.92 Å². The van der Waals surface area contributed by atoms with E-state index in [0.717, 1.165) is 25.8 Å². The summed E-state index contributed by atoms with van der Waals surface area (Å²) in [5.41, 5.74) is 0. The van der Waals surface area contributed by atoms with Crippen LogP contribution in [0.1, 0.15) is 33.1 Å². The number of hydrogen-bond donors (Lipinski definition) is 1. The predicted octanol–water partition coefficient (Wildman–Crippen LogP) is 2.09. The number of amides is 1. The molecule has 1 aliphatic rings. The van der Waals surface area contributed by atoms with E-state index in [-0.39, 0.29) is 17.9 Å². The van der Waals surface area contributed by atoms with Crippen LogP contribution in [0.4, 0.5) is 0 Å². The van der Waals surface area contributed by atoms with Crippen LogP contribution in [0.15, 0.2) is 0 Å². The lowest BCUT2D eigenvalue weighted by molar-refractivity contribution is -0.126. The summed E-state index contributed by atoms with van der Waals surface area (Å²) in [6.07, 6.45) is 3.16. The van der Waals surface area contributed by atoms with E-state index in [4.69, 9.17) is 4.74 Å². The second-order valence-corrected chi connectivity index (χ2v) is 5.40. The Morgan fingerprint density at radius 3 is 2.93 bits per heavy atom. The number of halogens is 1. The molecule has 0 spiro atoms. The van der Waals surface area contributed by atoms with Crippen molar-refractivity contribution >= 4 is 21.8 Å². The van der Waals surface area contributed by atoms with E-state index in [2.05, 4.69) is 28.2 Å². The van der Waals surface area contributed by atoms with Gasteiger partial charge in [-0.3, -0.25) is 4.79 Å². The van der Waals surface area contributed by atoms with Crippen LogP contribution in [0.3, 0.4) is 0 Å². The molecule has 88 valence electrons. The molecule has 1 aliphatic heterocycles. The second kappa shape index (κ2) is 6.48. The summed E-state index contributed by atoms with van der Waals surface area (Å²) in [5, 5.41) is 2.97. The Bertz CT molecular complexity index is 211. The summed E-state index contributed by atoms with van der Waals surface area (Å²) in [6, 6.07) is 0. The Kier molecular flexibility index (Phi) is 5.61. The Labute approximate surface area is 100 Å². The number of ether oxygens (including phenoxy) is 1. The molecule has 1 amide bonds. The average molecular weight is 278 g/mol. The van der Waals surface area contributed by atoms with Crippen molar-refractivity contribution in [3.63, 3.8) is 0 Å². The van der Waals surface area contributed by atoms with Gasteiger partial charge in [-0.2, -0.15) is 0 Å². The third-order valence-corrected chi connectivity index (χ3v) is 3.59. The quantitative estimate of drug-likeness (QED) is 0.782. The maximum absolute atomic E-state index is 11.8. The molecule has 0 saturated carbocycles. The summed E-state index contributed by atoms with van der Waals surface area (Å²) in [7, 11) is 0. The van der Waals surface area contributed by atoms with E-state index in [9.17, 15) is 4.79 Å². The van der Waals surface area contributed by atoms with Crippen molar-refractivity contribution in [1.29, 1.82) is 0 Å². The zero-order valence-electron chi connectivity index (χ0n) is 9.46. The highest BCUT2D eigenvalue weighted by Crippen LogP contribution is 2.20. The normalized spacial score (nSPS) is 27.7. The molecule has 3 unspecified atom stereocenters. The van der Waals surface area contributed by atoms with Gasteiger partial charge in [0.15, 0.2) is 0 Å². The first kappa shape index (κ1) is 13.0. The third kappa shape index (κ3) is 4.11. The first-order valence-corrected chi connectivity index (χ1v) is 6.60. The molecule has 1 N–H and O–H groups in total. The first-order chi connectivity index (χ1) is 7.15. The highest BCUT2D eigenvalue weighted by atomic mass is 79.9. The van der Waals surface area contributed by atoms with Gasteiger partial charge in [-0.1, -0.05) is 29.3 Å². The molecule has 0 aliphatic carbocycles. The Morgan fingerprint density at radius 1 is 1.67 bits per heavy atom. The molecule has 3 atom stereocenters. The molecule has 0 radical (unpaired) electrons. The van der Waals surface area contributed by atoms with Crippen LogP contribution in [-0.4, -0.2) is 30.0 Å². The Hall–Kier alpha value is -0.0900. The number of nitrogens with one attached hydrogen (secondary N) is 1. The van der Waals surface area contributed by atoms with Crippen molar-refractivity contribution in [2.75, 3.05) is 13.2 Å². The molecule has 1 saturated heterocycles. The Morgan fingerprint density at radius 2 is 2.40 bits per heavy atom. The van der Waals surface area contributed by atoms with Gasteiger partial charge in [-0.15, -0.1) is 0 Å². The molecule has 1 fully saturated rings. The SMILES string of the molecule is CCCC(Br)CNC(=O)C1CCOC1C. The molecule has 1 heterocycles. The monoisotopic (exact) mass is 277 g/mol. The maximum atomic E-state index is 11.8. The zero-order chi connectivity index (χ0) is 11.3. The van der Waals surface area contributed by atoms with Crippen molar-refractivity contribution in [3.8, 4) is 0 Å². The van der Waals surface area contributed by atoms with Crippen LogP contribution < -0.4 is 5.32 Å². The van der Waals surface area contributed by atoms with Gasteiger partial charge in [0.1, 0.15) is 0 Å². The first-order valence-electron chi connectivity index (χ1n) is 5.68. The van der Waals surface area contributed by atoms with Crippen molar-refractivity contribution in [1.82, 2.24) is 5.32 Å². The van der Waals surface area contributed by atoms with Crippen LogP contribution in [0.2, 0.25) is 0 Å². The van der Waals surface area contributed by atoms with E-state index >= 15 is 0 Å². The summed E-state index contributed by atoms with van der Waals surface area (Å²) < 4.78 is 5.37. The largest absolute Gasteiger partial charge is 0.378 e. The number of alkyl halides is 1. The molecule has 0 aromatic heterocycles. The van der Waals surface area contributed by atoms with Gasteiger partial charge in [0.2, 0.25) is 5.91 Å². The molecule has 0 aromatic rings. The zero-order valence-corrected chi connectivity index (χ0v) is 11.0. The van der Waals surface area contributed by atoms with Gasteiger partial charge in [0, 0.05) is 18.0 Å². The van der Waals surface area contributed by atoms with Crippen LogP contribution >= 0.6 is 15.9 Å². The summed E-state index contributed by atoms with van der Waals surface area (Å²) >= 11 is 3.54. The predicted molar refractivity (Wildman–Crippen MR) is 64.2 cm³/mol. The maximum Gasteiger partial charge on any atom is 0.225 e. The van der Waals surface area contributed by atoms with Crippen LogP contribution in [0.25, 0.3) is 0 Å². The molecule has 4 heteroatoms. The van der Waals surface area contributed by atoms with Gasteiger partial charge < -0.3 is 10.1 Å². The minimum absolute atomic E-state index is 0.0475. The number of rotatable bonds is 5. The number of hydrogen-bond acceptors (Lipinski definition) is 2. The van der Waals surface area contributed by atoms with E-state index in [1.165, 1.54) is 0 Å². The fourth-order valence-electron chi connectivity index (χ4n) is 1.83. The minimum Gasteiger partial charge on any atom is -0.378 e. The van der Waals surface area contributed by atoms with Gasteiger partial charge in [-0.25, -0.2) is 0 Å². The molecule has 1 rings (SSSR count).